The van der Waals surface area contributed by atoms with Crippen molar-refractivity contribution in [3.63, 3.8) is 0 Å². The highest BCUT2D eigenvalue weighted by Crippen LogP contribution is 2.46. The van der Waals surface area contributed by atoms with Gasteiger partial charge in [-0.05, 0) is 112 Å². The Morgan fingerprint density at radius 2 is 2.02 bits per heavy atom. The number of rotatable bonds is 2. The van der Waals surface area contributed by atoms with E-state index in [0.717, 1.165) is 42.8 Å². The van der Waals surface area contributed by atoms with Crippen molar-refractivity contribution >= 4 is 33.2 Å². The maximum atomic E-state index is 13.4. The molecule has 0 unspecified atom stereocenters. The molecule has 0 saturated heterocycles. The Morgan fingerprint density at radius 1 is 1.19 bits per heavy atom. The van der Waals surface area contributed by atoms with Gasteiger partial charge in [-0.2, -0.15) is 0 Å². The third-order valence-electron chi connectivity index (χ3n) is 9.94. The number of hydrogen-bond donors (Lipinski definition) is 3. The first-order valence-electron chi connectivity index (χ1n) is 15.4. The smallest absolute Gasteiger partial charge is 0.264 e. The van der Waals surface area contributed by atoms with Gasteiger partial charge in [0.2, 0.25) is 10.0 Å². The summed E-state index contributed by atoms with van der Waals surface area (Å²) in [6.45, 7) is 3.38. The zero-order valence-electron chi connectivity index (χ0n) is 24.5. The Balaban J connectivity index is 1.41. The molecule has 3 N–H and O–H groups in total. The Labute approximate surface area is 259 Å². The SMILES string of the molecule is C[C@@H](O)C[C@@H]1CC/C=C/[C@H](O)[C@@H]2CC[C@H]2CN2C[C@@]3(CCCc4cc(Cl)ccc43)COc3ccc(cc32)C(=O)NS1(=O)=O. The summed E-state index contributed by atoms with van der Waals surface area (Å²) in [6, 6.07) is 11.2. The number of fused-ring (bicyclic) bond motifs is 4. The summed E-state index contributed by atoms with van der Waals surface area (Å²) in [5, 5.41) is 20.9. The van der Waals surface area contributed by atoms with Crippen LogP contribution in [0.15, 0.2) is 48.6 Å². The number of carbonyl (C=O) groups is 1. The van der Waals surface area contributed by atoms with E-state index in [-0.39, 0.29) is 35.7 Å². The highest BCUT2D eigenvalue weighted by Gasteiger charge is 2.44. The second kappa shape index (κ2) is 12.1. The molecular weight excluding hydrogens is 588 g/mol. The van der Waals surface area contributed by atoms with E-state index in [1.807, 2.05) is 12.1 Å². The van der Waals surface area contributed by atoms with E-state index in [4.69, 9.17) is 16.3 Å². The number of benzene rings is 2. The molecule has 2 aliphatic heterocycles. The number of ether oxygens (including phenoxy) is 1. The molecule has 6 atom stereocenters. The van der Waals surface area contributed by atoms with E-state index in [1.54, 1.807) is 31.2 Å². The van der Waals surface area contributed by atoms with Crippen LogP contribution in [0.25, 0.3) is 0 Å². The average Bonchev–Trinajstić information content (AvgIpc) is 3.08. The van der Waals surface area contributed by atoms with E-state index in [9.17, 15) is 23.4 Å². The van der Waals surface area contributed by atoms with Crippen LogP contribution in [0.2, 0.25) is 5.02 Å². The molecule has 232 valence electrons. The Morgan fingerprint density at radius 3 is 2.79 bits per heavy atom. The predicted octanol–water partition coefficient (Wildman–Crippen LogP) is 4.75. The number of nitrogens with one attached hydrogen (secondary N) is 1. The number of aliphatic hydroxyl groups excluding tert-OH is 2. The van der Waals surface area contributed by atoms with E-state index >= 15 is 0 Å². The largest absolute Gasteiger partial charge is 0.490 e. The molecule has 2 bridgehead atoms. The molecule has 43 heavy (non-hydrogen) atoms. The standard InChI is InChI=1S/C33H41ClN2O6S/c1-21(37)15-26-6-2-3-7-30(38)27-11-8-24(27)18-36-19-33(14-4-5-22-16-25(34)10-12-28(22)33)20-42-31-13-9-23(17-29(31)36)32(39)35-43(26,40)41/h3,7,9-10,12-13,16-17,21,24,26-27,30,37-38H,2,4-6,8,11,14-15,18-20H2,1H3,(H,35,39)/b7-3+/t21-,24+,26+,27-,30+,33+/m1/s1. The fourth-order valence-electron chi connectivity index (χ4n) is 7.52. The lowest BCUT2D eigenvalue weighted by atomic mass is 9.68. The molecule has 2 aromatic carbocycles. The molecule has 1 fully saturated rings. The van der Waals surface area contributed by atoms with Crippen molar-refractivity contribution in [2.75, 3.05) is 24.6 Å². The van der Waals surface area contributed by atoms with Gasteiger partial charge < -0.3 is 19.8 Å². The van der Waals surface area contributed by atoms with Crippen molar-refractivity contribution in [3.05, 3.63) is 70.3 Å². The topological polar surface area (TPSA) is 116 Å². The molecule has 10 heteroatoms. The zero-order chi connectivity index (χ0) is 30.4. The number of allylic oxidation sites excluding steroid dienone is 1. The van der Waals surface area contributed by atoms with Crippen molar-refractivity contribution in [2.24, 2.45) is 11.8 Å². The first-order chi connectivity index (χ1) is 20.5. The summed E-state index contributed by atoms with van der Waals surface area (Å²) in [5.74, 6) is 0.301. The second-order valence-corrected chi connectivity index (χ2v) is 15.4. The molecule has 2 aromatic rings. The van der Waals surface area contributed by atoms with E-state index in [1.165, 1.54) is 11.1 Å². The van der Waals surface area contributed by atoms with Gasteiger partial charge in [-0.1, -0.05) is 29.8 Å². The van der Waals surface area contributed by atoms with Crippen LogP contribution >= 0.6 is 11.6 Å². The number of halogens is 1. The van der Waals surface area contributed by atoms with Gasteiger partial charge in [-0.25, -0.2) is 13.1 Å². The van der Waals surface area contributed by atoms with Gasteiger partial charge >= 0.3 is 0 Å². The minimum absolute atomic E-state index is 0.00425. The molecule has 1 spiro atoms. The molecule has 1 saturated carbocycles. The molecule has 1 amide bonds. The normalized spacial score (nSPS) is 31.8. The van der Waals surface area contributed by atoms with Crippen molar-refractivity contribution in [2.45, 2.75) is 81.2 Å². The third kappa shape index (κ3) is 6.19. The number of aliphatic hydroxyl groups is 2. The van der Waals surface area contributed by atoms with Crippen LogP contribution in [-0.4, -0.2) is 61.7 Å². The Hall–Kier alpha value is -2.59. The quantitative estimate of drug-likeness (QED) is 0.411. The zero-order valence-corrected chi connectivity index (χ0v) is 26.1. The maximum absolute atomic E-state index is 13.4. The van der Waals surface area contributed by atoms with E-state index in [2.05, 4.69) is 21.8 Å². The summed E-state index contributed by atoms with van der Waals surface area (Å²) in [6.07, 6.45) is 7.62. The minimum Gasteiger partial charge on any atom is -0.490 e. The summed E-state index contributed by atoms with van der Waals surface area (Å²) in [5.41, 5.74) is 3.18. The van der Waals surface area contributed by atoms with Gasteiger partial charge in [0.25, 0.3) is 5.91 Å². The molecule has 0 aromatic heterocycles. The number of carbonyl (C=O) groups excluding carboxylic acids is 1. The lowest BCUT2D eigenvalue weighted by Crippen LogP contribution is -2.49. The number of nitrogens with zero attached hydrogens (tertiary/aromatic N) is 1. The van der Waals surface area contributed by atoms with Crippen LogP contribution in [-0.2, 0) is 21.9 Å². The highest BCUT2D eigenvalue weighted by atomic mass is 35.5. The van der Waals surface area contributed by atoms with Gasteiger partial charge in [0.1, 0.15) is 5.75 Å². The maximum Gasteiger partial charge on any atom is 0.264 e. The van der Waals surface area contributed by atoms with Gasteiger partial charge in [-0.3, -0.25) is 4.79 Å². The van der Waals surface area contributed by atoms with Crippen LogP contribution < -0.4 is 14.4 Å². The van der Waals surface area contributed by atoms with Gasteiger partial charge in [0.05, 0.1) is 29.8 Å². The van der Waals surface area contributed by atoms with Gasteiger partial charge in [0.15, 0.2) is 0 Å². The fourth-order valence-corrected chi connectivity index (χ4v) is 9.24. The molecule has 0 radical (unpaired) electrons. The van der Waals surface area contributed by atoms with Crippen molar-refractivity contribution < 1.29 is 28.2 Å². The predicted molar refractivity (Wildman–Crippen MR) is 167 cm³/mol. The lowest BCUT2D eigenvalue weighted by molar-refractivity contribution is 0.0456. The van der Waals surface area contributed by atoms with Gasteiger partial charge in [-0.15, -0.1) is 0 Å². The van der Waals surface area contributed by atoms with Crippen LogP contribution in [0, 0.1) is 11.8 Å². The first kappa shape index (κ1) is 30.4. The molecule has 8 nitrogen and oxygen atoms in total. The number of anilines is 1. The average molecular weight is 629 g/mol. The lowest BCUT2D eigenvalue weighted by Gasteiger charge is -2.45. The number of amides is 1. The Kier molecular flexibility index (Phi) is 8.54. The second-order valence-electron chi connectivity index (χ2n) is 13.0. The number of sulfonamides is 1. The summed E-state index contributed by atoms with van der Waals surface area (Å²) >= 11 is 6.38. The molecule has 6 rings (SSSR count). The summed E-state index contributed by atoms with van der Waals surface area (Å²) in [4.78, 5) is 15.7. The van der Waals surface area contributed by atoms with E-state index < -0.39 is 33.4 Å². The van der Waals surface area contributed by atoms with Gasteiger partial charge in [0, 0.05) is 29.1 Å². The van der Waals surface area contributed by atoms with Crippen molar-refractivity contribution in [1.82, 2.24) is 4.72 Å². The fraction of sp³-hybridized carbons (Fsp3) is 0.545. The Bertz CT molecular complexity index is 1510. The number of hydrogen-bond acceptors (Lipinski definition) is 7. The molecule has 2 aliphatic carbocycles. The monoisotopic (exact) mass is 628 g/mol. The van der Waals surface area contributed by atoms with Crippen LogP contribution in [0.1, 0.15) is 73.4 Å². The highest BCUT2D eigenvalue weighted by molar-refractivity contribution is 7.90. The molecular formula is C33H41ClN2O6S. The summed E-state index contributed by atoms with van der Waals surface area (Å²) < 4.78 is 35.5. The third-order valence-corrected chi connectivity index (χ3v) is 11.9. The van der Waals surface area contributed by atoms with E-state index in [0.29, 0.717) is 31.9 Å². The van der Waals surface area contributed by atoms with Crippen LogP contribution in [0.4, 0.5) is 5.69 Å². The first-order valence-corrected chi connectivity index (χ1v) is 17.4. The number of aryl methyl sites for hydroxylation is 1. The van der Waals surface area contributed by atoms with Crippen LogP contribution in [0.5, 0.6) is 5.75 Å². The minimum atomic E-state index is -4.08. The van der Waals surface area contributed by atoms with Crippen LogP contribution in [0.3, 0.4) is 0 Å². The van der Waals surface area contributed by atoms with Crippen molar-refractivity contribution in [3.8, 4) is 5.75 Å². The summed E-state index contributed by atoms with van der Waals surface area (Å²) in [7, 11) is -4.08. The molecule has 4 aliphatic rings. The molecule has 2 heterocycles. The van der Waals surface area contributed by atoms with Crippen molar-refractivity contribution in [1.29, 1.82) is 0 Å².